The van der Waals surface area contributed by atoms with Crippen LogP contribution in [0.5, 0.6) is 0 Å². The van der Waals surface area contributed by atoms with E-state index < -0.39 is 0 Å². The van der Waals surface area contributed by atoms with Crippen LogP contribution in [0.1, 0.15) is 42.1 Å². The smallest absolute Gasteiger partial charge is 0.338 e. The third-order valence-corrected chi connectivity index (χ3v) is 3.89. The van der Waals surface area contributed by atoms with Crippen LogP contribution >= 0.6 is 0 Å². The summed E-state index contributed by atoms with van der Waals surface area (Å²) < 4.78 is 4.80. The maximum Gasteiger partial charge on any atom is 0.338 e. The van der Waals surface area contributed by atoms with Gasteiger partial charge in [-0.1, -0.05) is 24.6 Å². The van der Waals surface area contributed by atoms with E-state index in [-0.39, 0.29) is 5.97 Å². The van der Waals surface area contributed by atoms with Crippen molar-refractivity contribution < 1.29 is 9.53 Å². The lowest BCUT2D eigenvalue weighted by Crippen LogP contribution is -2.36. The number of carbonyl (C=O) groups is 1. The van der Waals surface area contributed by atoms with Crippen LogP contribution in [-0.4, -0.2) is 19.1 Å². The Labute approximate surface area is 109 Å². The van der Waals surface area contributed by atoms with Gasteiger partial charge in [0.25, 0.3) is 0 Å². The van der Waals surface area contributed by atoms with Crippen LogP contribution in [0.25, 0.3) is 0 Å². The lowest BCUT2D eigenvalue weighted by atomic mass is 9.80. The van der Waals surface area contributed by atoms with Gasteiger partial charge >= 0.3 is 5.97 Å². The van der Waals surface area contributed by atoms with Crippen LogP contribution in [-0.2, 0) is 11.3 Å². The maximum absolute atomic E-state index is 11.6. The Morgan fingerprint density at radius 1 is 1.44 bits per heavy atom. The number of rotatable bonds is 5. The molecule has 1 saturated carbocycles. The minimum atomic E-state index is -0.260. The molecule has 3 heteroatoms. The average molecular weight is 247 g/mol. The lowest BCUT2D eigenvalue weighted by Gasteiger charge is -2.32. The van der Waals surface area contributed by atoms with E-state index in [1.165, 1.54) is 26.4 Å². The van der Waals surface area contributed by atoms with E-state index in [1.807, 2.05) is 24.3 Å². The number of ether oxygens (including phenoxy) is 1. The van der Waals surface area contributed by atoms with Gasteiger partial charge in [0, 0.05) is 12.6 Å². The predicted octanol–water partition coefficient (Wildman–Crippen LogP) is 2.75. The highest BCUT2D eigenvalue weighted by Crippen LogP contribution is 2.29. The molecule has 1 N–H and O–H groups in total. The first-order chi connectivity index (χ1) is 8.72. The highest BCUT2D eigenvalue weighted by atomic mass is 16.5. The number of carbonyl (C=O) groups excluding carboxylic acids is 1. The molecule has 0 aliphatic heterocycles. The second-order valence-electron chi connectivity index (χ2n) is 5.01. The first kappa shape index (κ1) is 13.1. The number of hydrogen-bond acceptors (Lipinski definition) is 3. The van der Waals surface area contributed by atoms with Gasteiger partial charge in [-0.2, -0.15) is 0 Å². The molecule has 1 unspecified atom stereocenters. The van der Waals surface area contributed by atoms with Crippen molar-refractivity contribution >= 4 is 5.97 Å². The molecule has 1 aromatic carbocycles. The van der Waals surface area contributed by atoms with Crippen molar-refractivity contribution in [3.05, 3.63) is 35.4 Å². The zero-order valence-corrected chi connectivity index (χ0v) is 11.1. The molecule has 2 rings (SSSR count). The van der Waals surface area contributed by atoms with E-state index in [4.69, 9.17) is 4.74 Å². The molecular weight excluding hydrogens is 226 g/mol. The largest absolute Gasteiger partial charge is 0.465 e. The second kappa shape index (κ2) is 6.01. The van der Waals surface area contributed by atoms with Crippen LogP contribution < -0.4 is 5.32 Å². The van der Waals surface area contributed by atoms with Gasteiger partial charge in [-0.3, -0.25) is 0 Å². The molecule has 98 valence electrons. The monoisotopic (exact) mass is 247 g/mol. The van der Waals surface area contributed by atoms with Crippen LogP contribution in [0.15, 0.2) is 24.3 Å². The fraction of sp³-hybridized carbons (Fsp3) is 0.533. The first-order valence-electron chi connectivity index (χ1n) is 6.62. The summed E-state index contributed by atoms with van der Waals surface area (Å²) in [5.41, 5.74) is 1.67. The highest BCUT2D eigenvalue weighted by Gasteiger charge is 2.23. The van der Waals surface area contributed by atoms with Crippen LogP contribution in [0.4, 0.5) is 0 Å². The van der Waals surface area contributed by atoms with Crippen molar-refractivity contribution in [1.29, 1.82) is 0 Å². The summed E-state index contributed by atoms with van der Waals surface area (Å²) in [6.45, 7) is 2.95. The minimum absolute atomic E-state index is 0.260. The predicted molar refractivity (Wildman–Crippen MR) is 71.4 cm³/mol. The van der Waals surface area contributed by atoms with E-state index in [9.17, 15) is 4.79 Å². The number of methoxy groups -OCH3 is 1. The minimum Gasteiger partial charge on any atom is -0.465 e. The fourth-order valence-corrected chi connectivity index (χ4v) is 2.36. The molecular formula is C15H21NO2. The molecule has 1 atom stereocenters. The highest BCUT2D eigenvalue weighted by molar-refractivity contribution is 5.90. The molecule has 0 heterocycles. The molecule has 0 amide bonds. The van der Waals surface area contributed by atoms with Gasteiger partial charge in [-0.05, 0) is 37.3 Å². The number of hydrogen-bond donors (Lipinski definition) is 1. The third kappa shape index (κ3) is 2.91. The quantitative estimate of drug-likeness (QED) is 0.813. The summed E-state index contributed by atoms with van der Waals surface area (Å²) in [6.07, 6.45) is 4.01. The Kier molecular flexibility index (Phi) is 4.37. The standard InChI is InChI=1S/C15H21NO2/c1-11(12-7-5-8-12)16-10-13-6-3-4-9-14(13)15(17)18-2/h3-4,6,9,11-12,16H,5,7-8,10H2,1-2H3. The molecule has 1 aromatic rings. The van der Waals surface area contributed by atoms with Crippen molar-refractivity contribution in [2.75, 3.05) is 7.11 Å². The summed E-state index contributed by atoms with van der Waals surface area (Å²) in [7, 11) is 1.42. The maximum atomic E-state index is 11.6. The van der Waals surface area contributed by atoms with Crippen molar-refractivity contribution in [2.45, 2.75) is 38.8 Å². The van der Waals surface area contributed by atoms with E-state index >= 15 is 0 Å². The Bertz CT molecular complexity index is 413. The molecule has 0 saturated heterocycles. The van der Waals surface area contributed by atoms with Gasteiger partial charge < -0.3 is 10.1 Å². The first-order valence-corrected chi connectivity index (χ1v) is 6.62. The fourth-order valence-electron chi connectivity index (χ4n) is 2.36. The Morgan fingerprint density at radius 2 is 2.17 bits per heavy atom. The Balaban J connectivity index is 1.97. The average Bonchev–Trinajstić information content (AvgIpc) is 2.33. The van der Waals surface area contributed by atoms with Crippen molar-refractivity contribution in [2.24, 2.45) is 5.92 Å². The number of benzene rings is 1. The lowest BCUT2D eigenvalue weighted by molar-refractivity contribution is 0.0599. The van der Waals surface area contributed by atoms with Gasteiger partial charge in [0.05, 0.1) is 12.7 Å². The van der Waals surface area contributed by atoms with Gasteiger partial charge in [-0.25, -0.2) is 4.79 Å². The molecule has 0 radical (unpaired) electrons. The molecule has 18 heavy (non-hydrogen) atoms. The molecule has 1 aliphatic carbocycles. The van der Waals surface area contributed by atoms with Crippen molar-refractivity contribution in [3.8, 4) is 0 Å². The van der Waals surface area contributed by atoms with E-state index in [1.54, 1.807) is 0 Å². The molecule has 0 spiro atoms. The number of nitrogens with one attached hydrogen (secondary N) is 1. The zero-order chi connectivity index (χ0) is 13.0. The molecule has 1 fully saturated rings. The van der Waals surface area contributed by atoms with Gasteiger partial charge in [-0.15, -0.1) is 0 Å². The molecule has 3 nitrogen and oxygen atoms in total. The zero-order valence-electron chi connectivity index (χ0n) is 11.1. The van der Waals surface area contributed by atoms with Crippen molar-refractivity contribution in [3.63, 3.8) is 0 Å². The summed E-state index contributed by atoms with van der Waals surface area (Å²) >= 11 is 0. The topological polar surface area (TPSA) is 38.3 Å². The molecule has 1 aliphatic rings. The van der Waals surface area contributed by atoms with Gasteiger partial charge in [0.1, 0.15) is 0 Å². The van der Waals surface area contributed by atoms with Crippen LogP contribution in [0.3, 0.4) is 0 Å². The summed E-state index contributed by atoms with van der Waals surface area (Å²) in [6, 6.07) is 8.14. The Hall–Kier alpha value is -1.35. The third-order valence-electron chi connectivity index (χ3n) is 3.89. The van der Waals surface area contributed by atoms with E-state index in [0.29, 0.717) is 11.6 Å². The van der Waals surface area contributed by atoms with Crippen LogP contribution in [0.2, 0.25) is 0 Å². The summed E-state index contributed by atoms with van der Waals surface area (Å²) in [4.78, 5) is 11.6. The normalized spacial score (nSPS) is 17.0. The molecule has 0 aromatic heterocycles. The second-order valence-corrected chi connectivity index (χ2v) is 5.01. The summed E-state index contributed by atoms with van der Waals surface area (Å²) in [5, 5.41) is 3.51. The van der Waals surface area contributed by atoms with Gasteiger partial charge in [0.15, 0.2) is 0 Å². The SMILES string of the molecule is COC(=O)c1ccccc1CNC(C)C1CCC1. The molecule has 0 bridgehead atoms. The van der Waals surface area contributed by atoms with Gasteiger partial charge in [0.2, 0.25) is 0 Å². The number of esters is 1. The Morgan fingerprint density at radius 3 is 2.78 bits per heavy atom. The summed E-state index contributed by atoms with van der Waals surface area (Å²) in [5.74, 6) is 0.541. The van der Waals surface area contributed by atoms with E-state index in [2.05, 4.69) is 12.2 Å². The van der Waals surface area contributed by atoms with Crippen molar-refractivity contribution in [1.82, 2.24) is 5.32 Å². The van der Waals surface area contributed by atoms with E-state index in [0.717, 1.165) is 18.0 Å². The van der Waals surface area contributed by atoms with Crippen LogP contribution in [0, 0.1) is 5.92 Å².